The molecule has 0 aromatic heterocycles. The second-order valence-corrected chi connectivity index (χ2v) is 13.0. The van der Waals surface area contributed by atoms with Gasteiger partial charge >= 0.3 is 5.97 Å². The molecular formula is C33H44NO2P. The van der Waals surface area contributed by atoms with Crippen molar-refractivity contribution >= 4 is 29.8 Å². The summed E-state index contributed by atoms with van der Waals surface area (Å²) < 4.78 is 6.33. The molecule has 2 atom stereocenters. The van der Waals surface area contributed by atoms with E-state index in [0.717, 1.165) is 18.3 Å². The Morgan fingerprint density at radius 1 is 0.730 bits per heavy atom. The Balaban J connectivity index is 1.89. The maximum absolute atomic E-state index is 13.8. The first-order valence-corrected chi connectivity index (χ1v) is 15.0. The third kappa shape index (κ3) is 7.76. The standard InChI is InChI=1S/C33H44NO2P/c1-24(2)32(27(7)22-23-34(25(3)4)26(5)6)36-33(35)30-20-14-15-21-31(30)37(28-16-10-8-11-17-28)29-18-12-9-13-19-29/h8-21,24-27,32H,22-23H2,1-7H3/t27-,32-/m1/s1. The maximum atomic E-state index is 13.8. The van der Waals surface area contributed by atoms with E-state index in [1.807, 2.05) is 30.3 Å². The summed E-state index contributed by atoms with van der Waals surface area (Å²) in [5, 5.41) is 3.49. The van der Waals surface area contributed by atoms with E-state index in [1.54, 1.807) is 0 Å². The summed E-state index contributed by atoms with van der Waals surface area (Å²) in [6.07, 6.45) is 0.857. The van der Waals surface area contributed by atoms with Gasteiger partial charge in [0.05, 0.1) is 5.56 Å². The molecule has 0 aliphatic rings. The van der Waals surface area contributed by atoms with Gasteiger partial charge in [-0.1, -0.05) is 99.6 Å². The van der Waals surface area contributed by atoms with E-state index < -0.39 is 7.92 Å². The van der Waals surface area contributed by atoms with Crippen LogP contribution in [0.15, 0.2) is 84.9 Å². The summed E-state index contributed by atoms with van der Waals surface area (Å²) in [6.45, 7) is 16.5. The second-order valence-electron chi connectivity index (χ2n) is 10.8. The lowest BCUT2D eigenvalue weighted by Gasteiger charge is -2.34. The number of hydrogen-bond acceptors (Lipinski definition) is 3. The molecule has 0 aliphatic carbocycles. The Morgan fingerprint density at radius 3 is 1.70 bits per heavy atom. The van der Waals surface area contributed by atoms with E-state index in [4.69, 9.17) is 4.74 Å². The van der Waals surface area contributed by atoms with Gasteiger partial charge < -0.3 is 4.74 Å². The average Bonchev–Trinajstić information content (AvgIpc) is 2.88. The van der Waals surface area contributed by atoms with E-state index >= 15 is 0 Å². The molecule has 4 heteroatoms. The summed E-state index contributed by atoms with van der Waals surface area (Å²) in [5.74, 6) is 0.286. The van der Waals surface area contributed by atoms with E-state index in [0.29, 0.717) is 17.6 Å². The van der Waals surface area contributed by atoms with Gasteiger partial charge in [-0.25, -0.2) is 4.79 Å². The quantitative estimate of drug-likeness (QED) is 0.196. The minimum absolute atomic E-state index is 0.138. The summed E-state index contributed by atoms with van der Waals surface area (Å²) in [7, 11) is -0.892. The monoisotopic (exact) mass is 517 g/mol. The summed E-state index contributed by atoms with van der Waals surface area (Å²) in [4.78, 5) is 16.3. The van der Waals surface area contributed by atoms with Crippen LogP contribution in [0.1, 0.15) is 65.2 Å². The van der Waals surface area contributed by atoms with Crippen LogP contribution in [0.3, 0.4) is 0 Å². The molecule has 0 amide bonds. The number of carbonyl (C=O) groups excluding carboxylic acids is 1. The summed E-state index contributed by atoms with van der Waals surface area (Å²) in [5.41, 5.74) is 0.671. The first kappa shape index (κ1) is 29.1. The fraction of sp³-hybridized carbons (Fsp3) is 0.424. The molecule has 3 aromatic rings. The fourth-order valence-corrected chi connectivity index (χ4v) is 7.59. The lowest BCUT2D eigenvalue weighted by molar-refractivity contribution is -0.00352. The van der Waals surface area contributed by atoms with Crippen molar-refractivity contribution < 1.29 is 9.53 Å². The zero-order valence-electron chi connectivity index (χ0n) is 23.6. The zero-order valence-corrected chi connectivity index (χ0v) is 24.5. The largest absolute Gasteiger partial charge is 0.458 e. The van der Waals surface area contributed by atoms with Gasteiger partial charge in [0, 0.05) is 12.1 Å². The van der Waals surface area contributed by atoms with Crippen LogP contribution in [0.5, 0.6) is 0 Å². The van der Waals surface area contributed by atoms with Crippen LogP contribution in [0.4, 0.5) is 0 Å². The molecule has 0 radical (unpaired) electrons. The van der Waals surface area contributed by atoms with Crippen molar-refractivity contribution in [3.63, 3.8) is 0 Å². The number of carbonyl (C=O) groups is 1. The molecule has 0 spiro atoms. The van der Waals surface area contributed by atoms with Crippen LogP contribution < -0.4 is 15.9 Å². The molecule has 0 heterocycles. The predicted octanol–water partition coefficient (Wildman–Crippen LogP) is 6.77. The van der Waals surface area contributed by atoms with Crippen molar-refractivity contribution in [3.05, 3.63) is 90.5 Å². The predicted molar refractivity (Wildman–Crippen MR) is 160 cm³/mol. The number of ether oxygens (including phenoxy) is 1. The molecule has 0 unspecified atom stereocenters. The van der Waals surface area contributed by atoms with Gasteiger partial charge in [-0.15, -0.1) is 0 Å². The van der Waals surface area contributed by atoms with E-state index in [1.165, 1.54) is 10.6 Å². The van der Waals surface area contributed by atoms with E-state index in [9.17, 15) is 4.79 Å². The Bertz CT molecular complexity index is 1050. The first-order chi connectivity index (χ1) is 17.7. The Labute approximate surface area is 226 Å². The highest BCUT2D eigenvalue weighted by molar-refractivity contribution is 7.80. The molecule has 198 valence electrons. The van der Waals surface area contributed by atoms with E-state index in [2.05, 4.69) is 108 Å². The number of rotatable bonds is 12. The highest BCUT2D eigenvalue weighted by Gasteiger charge is 2.29. The molecule has 3 rings (SSSR count). The smallest absolute Gasteiger partial charge is 0.339 e. The number of nitrogens with zero attached hydrogens (tertiary/aromatic N) is 1. The van der Waals surface area contributed by atoms with Gasteiger partial charge in [-0.3, -0.25) is 4.90 Å². The van der Waals surface area contributed by atoms with Crippen molar-refractivity contribution in [3.8, 4) is 0 Å². The molecule has 3 nitrogen and oxygen atoms in total. The van der Waals surface area contributed by atoms with Gasteiger partial charge in [0.15, 0.2) is 0 Å². The van der Waals surface area contributed by atoms with Gasteiger partial charge in [0.2, 0.25) is 0 Å². The van der Waals surface area contributed by atoms with Gasteiger partial charge in [-0.2, -0.15) is 0 Å². The van der Waals surface area contributed by atoms with Crippen LogP contribution in [-0.2, 0) is 4.74 Å². The van der Waals surface area contributed by atoms with Gasteiger partial charge in [0.25, 0.3) is 0 Å². The molecule has 37 heavy (non-hydrogen) atoms. The topological polar surface area (TPSA) is 29.5 Å². The SMILES string of the molecule is CC(C)[C@@H](OC(=O)c1ccccc1P(c1ccccc1)c1ccccc1)[C@H](C)CCN(C(C)C)C(C)C. The van der Waals surface area contributed by atoms with Crippen LogP contribution in [-0.4, -0.2) is 35.6 Å². The molecular weight excluding hydrogens is 473 g/mol. The Hall–Kier alpha value is -2.48. The van der Waals surface area contributed by atoms with E-state index in [-0.39, 0.29) is 23.9 Å². The summed E-state index contributed by atoms with van der Waals surface area (Å²) >= 11 is 0. The second kappa shape index (κ2) is 13.9. The molecule has 0 fully saturated rings. The molecule has 3 aromatic carbocycles. The number of esters is 1. The highest BCUT2D eigenvalue weighted by atomic mass is 31.1. The summed E-state index contributed by atoms with van der Waals surface area (Å²) in [6, 6.07) is 30.0. The Kier molecular flexibility index (Phi) is 10.9. The third-order valence-corrected chi connectivity index (χ3v) is 9.52. The normalized spacial score (nSPS) is 13.5. The minimum atomic E-state index is -0.892. The minimum Gasteiger partial charge on any atom is -0.458 e. The van der Waals surface area contributed by atoms with Crippen LogP contribution in [0.2, 0.25) is 0 Å². The Morgan fingerprint density at radius 2 is 1.22 bits per heavy atom. The molecule has 0 bridgehead atoms. The number of hydrogen-bond donors (Lipinski definition) is 0. The van der Waals surface area contributed by atoms with Crippen LogP contribution >= 0.6 is 7.92 Å². The van der Waals surface area contributed by atoms with Crippen molar-refractivity contribution in [1.82, 2.24) is 4.90 Å². The number of benzene rings is 3. The lowest BCUT2D eigenvalue weighted by Crippen LogP contribution is -2.40. The lowest BCUT2D eigenvalue weighted by atomic mass is 9.91. The first-order valence-electron chi connectivity index (χ1n) is 13.7. The maximum Gasteiger partial charge on any atom is 0.339 e. The van der Waals surface area contributed by atoms with Crippen LogP contribution in [0, 0.1) is 11.8 Å². The molecule has 0 saturated heterocycles. The van der Waals surface area contributed by atoms with Crippen molar-refractivity contribution in [1.29, 1.82) is 0 Å². The highest BCUT2D eigenvalue weighted by Crippen LogP contribution is 2.34. The fourth-order valence-electron chi connectivity index (χ4n) is 5.15. The van der Waals surface area contributed by atoms with Crippen molar-refractivity contribution in [2.45, 2.75) is 73.1 Å². The average molecular weight is 518 g/mol. The molecule has 0 aliphatic heterocycles. The van der Waals surface area contributed by atoms with Gasteiger partial charge in [0.1, 0.15) is 6.10 Å². The molecule has 0 N–H and O–H groups in total. The third-order valence-electron chi connectivity index (χ3n) is 7.02. The van der Waals surface area contributed by atoms with Crippen molar-refractivity contribution in [2.75, 3.05) is 6.54 Å². The van der Waals surface area contributed by atoms with Crippen molar-refractivity contribution in [2.24, 2.45) is 11.8 Å². The van der Waals surface area contributed by atoms with Gasteiger partial charge in [-0.05, 0) is 82.4 Å². The van der Waals surface area contributed by atoms with Crippen LogP contribution in [0.25, 0.3) is 0 Å². The molecule has 0 saturated carbocycles. The zero-order chi connectivity index (χ0) is 26.9.